The summed E-state index contributed by atoms with van der Waals surface area (Å²) in [5.41, 5.74) is 2.02. The summed E-state index contributed by atoms with van der Waals surface area (Å²) in [7, 11) is 0. The minimum absolute atomic E-state index is 0.00816. The number of aromatic nitrogens is 2. The molecule has 0 spiro atoms. The van der Waals surface area contributed by atoms with E-state index in [9.17, 15) is 4.79 Å². The number of hydrogen-bond donors (Lipinski definition) is 0. The highest BCUT2D eigenvalue weighted by Gasteiger charge is 2.30. The molecule has 21 heavy (non-hydrogen) atoms. The lowest BCUT2D eigenvalue weighted by atomic mass is 10.2. The molecule has 0 radical (unpaired) electrons. The number of amides is 1. The third-order valence-corrected chi connectivity index (χ3v) is 4.56. The number of likely N-dealkylation sites (N-methyl/N-ethyl adjacent to an activating group) is 1. The molecule has 0 atom stereocenters. The Morgan fingerprint density at radius 1 is 1.33 bits per heavy atom. The Balaban J connectivity index is 1.84. The van der Waals surface area contributed by atoms with Crippen LogP contribution < -0.4 is 0 Å². The van der Waals surface area contributed by atoms with Gasteiger partial charge in [0.15, 0.2) is 0 Å². The summed E-state index contributed by atoms with van der Waals surface area (Å²) in [6.45, 7) is 2.54. The van der Waals surface area contributed by atoms with Crippen molar-refractivity contribution < 1.29 is 4.79 Å². The maximum Gasteiger partial charge on any atom is 0.266 e. The largest absolute Gasteiger partial charge is 0.306 e. The highest BCUT2D eigenvalue weighted by atomic mass is 32.2. The normalized spacial score (nSPS) is 17.0. The molecule has 0 aliphatic carbocycles. The van der Waals surface area contributed by atoms with E-state index in [2.05, 4.69) is 4.98 Å². The number of nitrogens with zero attached hydrogens (tertiary/aromatic N) is 3. The van der Waals surface area contributed by atoms with Crippen LogP contribution in [0.3, 0.4) is 0 Å². The lowest BCUT2D eigenvalue weighted by Crippen LogP contribution is -2.27. The molecule has 1 aromatic heterocycles. The van der Waals surface area contributed by atoms with Gasteiger partial charge in [-0.05, 0) is 30.7 Å². The first-order chi connectivity index (χ1) is 10.2. The quantitative estimate of drug-likeness (QED) is 0.644. The van der Waals surface area contributed by atoms with Gasteiger partial charge in [0.1, 0.15) is 4.32 Å². The Labute approximate surface area is 132 Å². The van der Waals surface area contributed by atoms with E-state index < -0.39 is 0 Å². The Morgan fingerprint density at radius 3 is 2.67 bits per heavy atom. The maximum atomic E-state index is 12.1. The first-order valence-corrected chi connectivity index (χ1v) is 7.75. The van der Waals surface area contributed by atoms with Crippen molar-refractivity contribution >= 4 is 40.3 Å². The van der Waals surface area contributed by atoms with Crippen molar-refractivity contribution in [2.75, 3.05) is 6.54 Å². The fraction of sp³-hybridized carbons (Fsp3) is 0.133. The number of carbonyl (C=O) groups excluding carboxylic acids is 1. The van der Waals surface area contributed by atoms with Crippen LogP contribution in [0.5, 0.6) is 0 Å². The van der Waals surface area contributed by atoms with Crippen LogP contribution in [0.15, 0.2) is 47.9 Å². The summed E-state index contributed by atoms with van der Waals surface area (Å²) < 4.78 is 2.56. The van der Waals surface area contributed by atoms with Crippen LogP contribution in [0, 0.1) is 0 Å². The van der Waals surface area contributed by atoms with Gasteiger partial charge in [0, 0.05) is 24.6 Å². The van der Waals surface area contributed by atoms with Gasteiger partial charge < -0.3 is 4.57 Å². The minimum Gasteiger partial charge on any atom is -0.306 e. The number of hydrogen-bond acceptors (Lipinski definition) is 4. The molecule has 2 heterocycles. The molecule has 106 valence electrons. The van der Waals surface area contributed by atoms with E-state index in [0.717, 1.165) is 11.3 Å². The molecule has 1 aliphatic heterocycles. The standard InChI is InChI=1S/C15H13N3OS2/c1-2-18-14(19)13(21-15(18)20)9-11-3-5-12(6-4-11)17-8-7-16-10-17/h3-10H,2H2,1H3/b13-9-. The van der Waals surface area contributed by atoms with Crippen LogP contribution in [0.2, 0.25) is 0 Å². The molecule has 1 aliphatic rings. The van der Waals surface area contributed by atoms with Crippen LogP contribution in [0.25, 0.3) is 11.8 Å². The number of rotatable bonds is 3. The first-order valence-electron chi connectivity index (χ1n) is 6.53. The molecule has 1 saturated heterocycles. The topological polar surface area (TPSA) is 38.1 Å². The van der Waals surface area contributed by atoms with Crippen molar-refractivity contribution in [3.8, 4) is 5.69 Å². The maximum absolute atomic E-state index is 12.1. The molecule has 6 heteroatoms. The van der Waals surface area contributed by atoms with E-state index in [1.54, 1.807) is 17.4 Å². The molecule has 0 bridgehead atoms. The van der Waals surface area contributed by atoms with Crippen LogP contribution in [0.4, 0.5) is 0 Å². The van der Waals surface area contributed by atoms with E-state index >= 15 is 0 Å². The summed E-state index contributed by atoms with van der Waals surface area (Å²) in [6.07, 6.45) is 7.26. The van der Waals surface area contributed by atoms with Crippen LogP contribution in [-0.2, 0) is 4.79 Å². The van der Waals surface area contributed by atoms with Gasteiger partial charge in [0.2, 0.25) is 0 Å². The fourth-order valence-corrected chi connectivity index (χ4v) is 3.46. The van der Waals surface area contributed by atoms with Crippen molar-refractivity contribution in [3.05, 3.63) is 53.5 Å². The summed E-state index contributed by atoms with van der Waals surface area (Å²) in [5.74, 6) is -0.00816. The minimum atomic E-state index is -0.00816. The molecule has 0 N–H and O–H groups in total. The Bertz CT molecular complexity index is 705. The SMILES string of the molecule is CCN1C(=O)/C(=C/c2ccc(-n3ccnc3)cc2)SC1=S. The van der Waals surface area contributed by atoms with Crippen LogP contribution in [0.1, 0.15) is 12.5 Å². The zero-order chi connectivity index (χ0) is 14.8. The van der Waals surface area contributed by atoms with Crippen LogP contribution >= 0.6 is 24.0 Å². The monoisotopic (exact) mass is 315 g/mol. The number of thiocarbonyl (C=S) groups is 1. The van der Waals surface area contributed by atoms with Gasteiger partial charge in [-0.15, -0.1) is 0 Å². The van der Waals surface area contributed by atoms with Crippen molar-refractivity contribution in [1.82, 2.24) is 14.5 Å². The first kappa shape index (κ1) is 14.0. The second-order valence-corrected chi connectivity index (χ2v) is 6.16. The molecular weight excluding hydrogens is 302 g/mol. The average molecular weight is 315 g/mol. The zero-order valence-corrected chi connectivity index (χ0v) is 13.0. The van der Waals surface area contributed by atoms with Gasteiger partial charge in [0.05, 0.1) is 11.2 Å². The molecule has 0 saturated carbocycles. The number of carbonyl (C=O) groups is 1. The second-order valence-electron chi connectivity index (χ2n) is 4.49. The third-order valence-electron chi connectivity index (χ3n) is 3.18. The molecule has 1 amide bonds. The van der Waals surface area contributed by atoms with E-state index in [1.165, 1.54) is 11.8 Å². The van der Waals surface area contributed by atoms with Gasteiger partial charge in [-0.3, -0.25) is 9.69 Å². The Kier molecular flexibility index (Phi) is 3.90. The smallest absolute Gasteiger partial charge is 0.266 e. The Morgan fingerprint density at radius 2 is 2.10 bits per heavy atom. The highest BCUT2D eigenvalue weighted by molar-refractivity contribution is 8.26. The Hall–Kier alpha value is -1.92. The predicted molar refractivity (Wildman–Crippen MR) is 89.1 cm³/mol. The van der Waals surface area contributed by atoms with Gasteiger partial charge in [-0.2, -0.15) is 0 Å². The molecule has 4 nitrogen and oxygen atoms in total. The molecule has 2 aromatic rings. The second kappa shape index (κ2) is 5.83. The fourth-order valence-electron chi connectivity index (χ4n) is 2.08. The molecule has 3 rings (SSSR count). The van der Waals surface area contributed by atoms with E-state index in [4.69, 9.17) is 12.2 Å². The van der Waals surface area contributed by atoms with Gasteiger partial charge in [-0.25, -0.2) is 4.98 Å². The van der Waals surface area contributed by atoms with Crippen molar-refractivity contribution in [2.45, 2.75) is 6.92 Å². The summed E-state index contributed by atoms with van der Waals surface area (Å²) in [4.78, 5) is 18.5. The third kappa shape index (κ3) is 2.77. The van der Waals surface area contributed by atoms with Crippen molar-refractivity contribution in [3.63, 3.8) is 0 Å². The van der Waals surface area contributed by atoms with E-state index in [0.29, 0.717) is 15.8 Å². The van der Waals surface area contributed by atoms with Crippen LogP contribution in [-0.4, -0.2) is 31.2 Å². The van der Waals surface area contributed by atoms with Crippen molar-refractivity contribution in [2.24, 2.45) is 0 Å². The highest BCUT2D eigenvalue weighted by Crippen LogP contribution is 2.32. The zero-order valence-electron chi connectivity index (χ0n) is 11.4. The molecule has 1 fully saturated rings. The van der Waals surface area contributed by atoms with Gasteiger partial charge in [0.25, 0.3) is 5.91 Å². The van der Waals surface area contributed by atoms with Gasteiger partial charge in [-0.1, -0.05) is 36.1 Å². The lowest BCUT2D eigenvalue weighted by molar-refractivity contribution is -0.121. The van der Waals surface area contributed by atoms with Gasteiger partial charge >= 0.3 is 0 Å². The molecule has 0 unspecified atom stereocenters. The summed E-state index contributed by atoms with van der Waals surface area (Å²) in [5, 5.41) is 0. The number of imidazole rings is 1. The average Bonchev–Trinajstić information content (AvgIpc) is 3.10. The van der Waals surface area contributed by atoms with E-state index in [-0.39, 0.29) is 5.91 Å². The number of thioether (sulfide) groups is 1. The molecule has 1 aromatic carbocycles. The van der Waals surface area contributed by atoms with E-state index in [1.807, 2.05) is 48.0 Å². The lowest BCUT2D eigenvalue weighted by Gasteiger charge is -2.09. The predicted octanol–water partition coefficient (Wildman–Crippen LogP) is 3.09. The number of benzene rings is 1. The summed E-state index contributed by atoms with van der Waals surface area (Å²) >= 11 is 6.56. The molecular formula is C15H13N3OS2. The summed E-state index contributed by atoms with van der Waals surface area (Å²) in [6, 6.07) is 7.95. The van der Waals surface area contributed by atoms with Crippen molar-refractivity contribution in [1.29, 1.82) is 0 Å².